The smallest absolute Gasteiger partial charge is 0.161 e. The predicted molar refractivity (Wildman–Crippen MR) is 80.9 cm³/mol. The van der Waals surface area contributed by atoms with Gasteiger partial charge in [0, 0.05) is 6.42 Å². The van der Waals surface area contributed by atoms with Gasteiger partial charge in [0.05, 0.1) is 13.2 Å². The van der Waals surface area contributed by atoms with E-state index in [1.807, 2.05) is 12.1 Å². The highest BCUT2D eigenvalue weighted by Crippen LogP contribution is 2.37. The molecule has 3 nitrogen and oxygen atoms in total. The van der Waals surface area contributed by atoms with Gasteiger partial charge in [0.25, 0.3) is 0 Å². The van der Waals surface area contributed by atoms with Crippen molar-refractivity contribution in [3.63, 3.8) is 0 Å². The standard InChI is InChI=1S/C17H24FNO2/c1-12(18)15-11-17-16(20-7-2-8-21-17)10-14(15)9-13-3-5-19-6-4-13/h10-13,19H,2-9H2,1H3. The van der Waals surface area contributed by atoms with Gasteiger partial charge in [-0.2, -0.15) is 0 Å². The molecule has 0 aromatic heterocycles. The van der Waals surface area contributed by atoms with Crippen molar-refractivity contribution < 1.29 is 13.9 Å². The van der Waals surface area contributed by atoms with Crippen LogP contribution >= 0.6 is 0 Å². The molecular formula is C17H24FNO2. The average molecular weight is 293 g/mol. The summed E-state index contributed by atoms with van der Waals surface area (Å²) in [6, 6.07) is 3.86. The third kappa shape index (κ3) is 3.49. The lowest BCUT2D eigenvalue weighted by Crippen LogP contribution is -2.28. The Hall–Kier alpha value is -1.29. The summed E-state index contributed by atoms with van der Waals surface area (Å²) in [4.78, 5) is 0. The van der Waals surface area contributed by atoms with Gasteiger partial charge in [-0.25, -0.2) is 4.39 Å². The lowest BCUT2D eigenvalue weighted by Gasteiger charge is -2.24. The summed E-state index contributed by atoms with van der Waals surface area (Å²) >= 11 is 0. The number of fused-ring (bicyclic) bond motifs is 1. The molecule has 1 fully saturated rings. The molecule has 1 atom stereocenters. The van der Waals surface area contributed by atoms with Crippen LogP contribution in [0.5, 0.6) is 11.5 Å². The molecule has 0 amide bonds. The molecule has 21 heavy (non-hydrogen) atoms. The Bertz CT molecular complexity index is 484. The number of alkyl halides is 1. The highest BCUT2D eigenvalue weighted by Gasteiger charge is 2.21. The van der Waals surface area contributed by atoms with Crippen LogP contribution in [0.25, 0.3) is 0 Å². The van der Waals surface area contributed by atoms with Crippen molar-refractivity contribution in [3.05, 3.63) is 23.3 Å². The zero-order valence-electron chi connectivity index (χ0n) is 12.7. The van der Waals surface area contributed by atoms with Crippen LogP contribution in [0.4, 0.5) is 4.39 Å². The molecule has 0 bridgehead atoms. The van der Waals surface area contributed by atoms with Gasteiger partial charge in [-0.05, 0) is 68.5 Å². The Labute approximate surface area is 125 Å². The van der Waals surface area contributed by atoms with Crippen LogP contribution in [0, 0.1) is 5.92 Å². The van der Waals surface area contributed by atoms with Crippen LogP contribution in [0.2, 0.25) is 0 Å². The van der Waals surface area contributed by atoms with Crippen molar-refractivity contribution in [1.29, 1.82) is 0 Å². The van der Waals surface area contributed by atoms with Gasteiger partial charge in [-0.1, -0.05) is 0 Å². The SMILES string of the molecule is CC(F)c1cc2c(cc1CC1CCNCC1)OCCCO2. The highest BCUT2D eigenvalue weighted by molar-refractivity contribution is 5.48. The number of rotatable bonds is 3. The van der Waals surface area contributed by atoms with Gasteiger partial charge >= 0.3 is 0 Å². The molecule has 3 rings (SSSR count). The summed E-state index contributed by atoms with van der Waals surface area (Å²) in [7, 11) is 0. The van der Waals surface area contributed by atoms with E-state index in [9.17, 15) is 4.39 Å². The quantitative estimate of drug-likeness (QED) is 0.926. The summed E-state index contributed by atoms with van der Waals surface area (Å²) < 4.78 is 25.4. The maximum Gasteiger partial charge on any atom is 0.161 e. The molecule has 0 spiro atoms. The van der Waals surface area contributed by atoms with Crippen molar-refractivity contribution >= 4 is 0 Å². The molecule has 0 aliphatic carbocycles. The van der Waals surface area contributed by atoms with E-state index in [0.717, 1.165) is 55.6 Å². The second-order valence-corrected chi connectivity index (χ2v) is 6.06. The van der Waals surface area contributed by atoms with Crippen molar-refractivity contribution in [2.45, 2.75) is 38.8 Å². The van der Waals surface area contributed by atoms with Gasteiger partial charge in [0.1, 0.15) is 6.17 Å². The monoisotopic (exact) mass is 293 g/mol. The molecule has 2 heterocycles. The molecule has 1 aromatic carbocycles. The van der Waals surface area contributed by atoms with Crippen LogP contribution < -0.4 is 14.8 Å². The number of hydrogen-bond acceptors (Lipinski definition) is 3. The zero-order valence-corrected chi connectivity index (χ0v) is 12.7. The zero-order chi connectivity index (χ0) is 14.7. The summed E-state index contributed by atoms with van der Waals surface area (Å²) in [5.74, 6) is 2.11. The van der Waals surface area contributed by atoms with Crippen LogP contribution in [-0.4, -0.2) is 26.3 Å². The van der Waals surface area contributed by atoms with E-state index >= 15 is 0 Å². The van der Waals surface area contributed by atoms with E-state index in [0.29, 0.717) is 24.9 Å². The van der Waals surface area contributed by atoms with Crippen LogP contribution in [0.3, 0.4) is 0 Å². The normalized spacial score (nSPS) is 20.9. The van der Waals surface area contributed by atoms with Crippen molar-refractivity contribution in [1.82, 2.24) is 5.32 Å². The van der Waals surface area contributed by atoms with E-state index in [-0.39, 0.29) is 0 Å². The molecular weight excluding hydrogens is 269 g/mol. The Morgan fingerprint density at radius 2 is 1.86 bits per heavy atom. The van der Waals surface area contributed by atoms with Crippen molar-refractivity contribution in [3.8, 4) is 11.5 Å². The van der Waals surface area contributed by atoms with Crippen LogP contribution in [-0.2, 0) is 6.42 Å². The lowest BCUT2D eigenvalue weighted by atomic mass is 9.88. The number of ether oxygens (including phenoxy) is 2. The minimum atomic E-state index is -0.973. The summed E-state index contributed by atoms with van der Waals surface area (Å²) in [5, 5.41) is 3.38. The predicted octanol–water partition coefficient (Wildman–Crippen LogP) is 3.42. The molecule has 2 aliphatic heterocycles. The van der Waals surface area contributed by atoms with Crippen LogP contribution in [0.1, 0.15) is 43.5 Å². The van der Waals surface area contributed by atoms with E-state index in [1.54, 1.807) is 6.92 Å². The molecule has 1 unspecified atom stereocenters. The fourth-order valence-corrected chi connectivity index (χ4v) is 3.21. The summed E-state index contributed by atoms with van der Waals surface area (Å²) in [6.07, 6.45) is 3.16. The van der Waals surface area contributed by atoms with Crippen LogP contribution in [0.15, 0.2) is 12.1 Å². The molecule has 0 saturated carbocycles. The number of benzene rings is 1. The lowest BCUT2D eigenvalue weighted by molar-refractivity contribution is 0.296. The molecule has 4 heteroatoms. The number of piperidine rings is 1. The molecule has 0 radical (unpaired) electrons. The fraction of sp³-hybridized carbons (Fsp3) is 0.647. The number of nitrogens with one attached hydrogen (secondary N) is 1. The Morgan fingerprint density at radius 1 is 1.19 bits per heavy atom. The highest BCUT2D eigenvalue weighted by atomic mass is 19.1. The number of halogens is 1. The Kier molecular flexibility index (Phi) is 4.63. The molecule has 1 aromatic rings. The third-order valence-corrected chi connectivity index (χ3v) is 4.41. The Morgan fingerprint density at radius 3 is 2.52 bits per heavy atom. The summed E-state index contributed by atoms with van der Waals surface area (Å²) in [6.45, 7) is 5.04. The number of hydrogen-bond donors (Lipinski definition) is 1. The molecule has 1 saturated heterocycles. The minimum absolute atomic E-state index is 0.633. The fourth-order valence-electron chi connectivity index (χ4n) is 3.21. The van der Waals surface area contributed by atoms with Gasteiger partial charge in [-0.3, -0.25) is 0 Å². The third-order valence-electron chi connectivity index (χ3n) is 4.41. The molecule has 116 valence electrons. The van der Waals surface area contributed by atoms with Gasteiger partial charge < -0.3 is 14.8 Å². The Balaban J connectivity index is 1.87. The van der Waals surface area contributed by atoms with Crippen molar-refractivity contribution in [2.24, 2.45) is 5.92 Å². The average Bonchev–Trinajstić information content (AvgIpc) is 2.72. The largest absolute Gasteiger partial charge is 0.490 e. The van der Waals surface area contributed by atoms with Gasteiger partial charge in [0.15, 0.2) is 11.5 Å². The molecule has 2 aliphatic rings. The van der Waals surface area contributed by atoms with E-state index in [2.05, 4.69) is 5.32 Å². The molecule has 1 N–H and O–H groups in total. The maximum atomic E-state index is 14.0. The van der Waals surface area contributed by atoms with E-state index in [1.165, 1.54) is 0 Å². The second kappa shape index (κ2) is 6.65. The first kappa shape index (κ1) is 14.6. The first-order valence-electron chi connectivity index (χ1n) is 8.01. The first-order chi connectivity index (χ1) is 10.2. The topological polar surface area (TPSA) is 30.5 Å². The van der Waals surface area contributed by atoms with Gasteiger partial charge in [0.2, 0.25) is 0 Å². The summed E-state index contributed by atoms with van der Waals surface area (Å²) in [5.41, 5.74) is 1.85. The minimum Gasteiger partial charge on any atom is -0.490 e. The second-order valence-electron chi connectivity index (χ2n) is 6.06. The van der Waals surface area contributed by atoms with Gasteiger partial charge in [-0.15, -0.1) is 0 Å². The first-order valence-corrected chi connectivity index (χ1v) is 8.01. The van der Waals surface area contributed by atoms with E-state index < -0.39 is 6.17 Å². The van der Waals surface area contributed by atoms with E-state index in [4.69, 9.17) is 9.47 Å². The maximum absolute atomic E-state index is 14.0. The van der Waals surface area contributed by atoms with Crippen molar-refractivity contribution in [2.75, 3.05) is 26.3 Å².